The van der Waals surface area contributed by atoms with Crippen LogP contribution in [-0.4, -0.2) is 35.5 Å². The van der Waals surface area contributed by atoms with Crippen molar-refractivity contribution in [3.63, 3.8) is 0 Å². The average molecular weight is 257 g/mol. The molecule has 1 unspecified atom stereocenters. The van der Waals surface area contributed by atoms with Gasteiger partial charge in [-0.2, -0.15) is 0 Å². The first-order valence-corrected chi connectivity index (χ1v) is 6.80. The number of aliphatic hydroxyl groups excluding tert-OH is 1. The van der Waals surface area contributed by atoms with E-state index in [2.05, 4.69) is 29.3 Å². The van der Waals surface area contributed by atoms with E-state index in [4.69, 9.17) is 4.74 Å². The highest BCUT2D eigenvalue weighted by atomic mass is 16.6. The van der Waals surface area contributed by atoms with Crippen molar-refractivity contribution in [2.24, 2.45) is 0 Å². The summed E-state index contributed by atoms with van der Waals surface area (Å²) in [6.07, 6.45) is 1.28. The van der Waals surface area contributed by atoms with Gasteiger partial charge in [0.1, 0.15) is 0 Å². The number of benzene rings is 1. The van der Waals surface area contributed by atoms with Crippen LogP contribution in [0.5, 0.6) is 0 Å². The Morgan fingerprint density at radius 2 is 2.11 bits per heavy atom. The van der Waals surface area contributed by atoms with Gasteiger partial charge in [0.2, 0.25) is 0 Å². The average Bonchev–Trinajstić information content (AvgIpc) is 2.48. The lowest BCUT2D eigenvalue weighted by molar-refractivity contribution is -0.195. The van der Waals surface area contributed by atoms with Crippen LogP contribution in [0.1, 0.15) is 24.4 Å². The van der Waals surface area contributed by atoms with E-state index in [0.717, 1.165) is 25.0 Å². The third kappa shape index (κ3) is 2.26. The third-order valence-corrected chi connectivity index (χ3v) is 4.08. The minimum Gasteiger partial charge on any atom is -0.366 e. The fraction of sp³-hybridized carbons (Fsp3) is 0.438. The molecule has 0 amide bonds. The lowest BCUT2D eigenvalue weighted by Gasteiger charge is -2.47. The zero-order valence-corrected chi connectivity index (χ0v) is 11.0. The fourth-order valence-corrected chi connectivity index (χ4v) is 3.16. The van der Waals surface area contributed by atoms with E-state index >= 15 is 0 Å². The maximum absolute atomic E-state index is 10.1. The highest BCUT2D eigenvalue weighted by Gasteiger charge is 2.41. The SMILES string of the molecule is C=C=C1CCCN2[C@H]1C(O)OC[C@H]2c1ccccc1. The van der Waals surface area contributed by atoms with Crippen molar-refractivity contribution in [3.05, 3.63) is 53.8 Å². The van der Waals surface area contributed by atoms with Gasteiger partial charge in [-0.25, -0.2) is 0 Å². The molecule has 19 heavy (non-hydrogen) atoms. The van der Waals surface area contributed by atoms with Gasteiger partial charge in [-0.3, -0.25) is 4.90 Å². The standard InChI is InChI=1S/C16H19NO2/c1-2-12-9-6-10-17-14(11-19-16(18)15(12)17)13-7-4-3-5-8-13/h3-5,7-8,14-16,18H,1,6,9-11H2/t14-,15+,16?/m0/s1. The molecule has 3 rings (SSSR count). The van der Waals surface area contributed by atoms with Gasteiger partial charge in [0.15, 0.2) is 6.29 Å². The van der Waals surface area contributed by atoms with Gasteiger partial charge in [-0.15, -0.1) is 5.73 Å². The summed E-state index contributed by atoms with van der Waals surface area (Å²) in [5.74, 6) is 0. The van der Waals surface area contributed by atoms with Crippen LogP contribution in [0.2, 0.25) is 0 Å². The first-order chi connectivity index (χ1) is 9.31. The molecule has 2 heterocycles. The molecule has 1 aromatic carbocycles. The molecule has 3 heteroatoms. The summed E-state index contributed by atoms with van der Waals surface area (Å²) >= 11 is 0. The van der Waals surface area contributed by atoms with Crippen molar-refractivity contribution in [3.8, 4) is 0 Å². The summed E-state index contributed by atoms with van der Waals surface area (Å²) in [5.41, 5.74) is 5.30. The van der Waals surface area contributed by atoms with Crippen LogP contribution in [0.25, 0.3) is 0 Å². The summed E-state index contributed by atoms with van der Waals surface area (Å²) in [7, 11) is 0. The predicted octanol–water partition coefficient (Wildman–Crippen LogP) is 2.25. The second kappa shape index (κ2) is 5.32. The molecule has 0 bridgehead atoms. The van der Waals surface area contributed by atoms with E-state index < -0.39 is 6.29 Å². The Morgan fingerprint density at radius 1 is 1.32 bits per heavy atom. The number of hydrogen-bond donors (Lipinski definition) is 1. The molecule has 1 N–H and O–H groups in total. The number of piperidine rings is 1. The van der Waals surface area contributed by atoms with E-state index in [1.807, 2.05) is 18.2 Å². The maximum Gasteiger partial charge on any atom is 0.174 e. The van der Waals surface area contributed by atoms with Crippen LogP contribution in [0, 0.1) is 0 Å². The summed E-state index contributed by atoms with van der Waals surface area (Å²) in [5, 5.41) is 10.1. The van der Waals surface area contributed by atoms with Crippen molar-refractivity contribution in [1.82, 2.24) is 4.90 Å². The number of ether oxygens (including phenoxy) is 1. The lowest BCUT2D eigenvalue weighted by Crippen LogP contribution is -2.55. The Balaban J connectivity index is 1.94. The molecular weight excluding hydrogens is 238 g/mol. The van der Waals surface area contributed by atoms with Crippen LogP contribution >= 0.6 is 0 Å². The number of morpholine rings is 1. The molecule has 0 aliphatic carbocycles. The number of nitrogens with zero attached hydrogens (tertiary/aromatic N) is 1. The molecule has 0 radical (unpaired) electrons. The molecule has 3 nitrogen and oxygen atoms in total. The summed E-state index contributed by atoms with van der Waals surface area (Å²) in [6, 6.07) is 10.5. The molecule has 2 fully saturated rings. The normalized spacial score (nSPS) is 31.6. The summed E-state index contributed by atoms with van der Waals surface area (Å²) in [4.78, 5) is 2.33. The molecule has 2 aliphatic rings. The van der Waals surface area contributed by atoms with Gasteiger partial charge in [0.25, 0.3) is 0 Å². The Bertz CT molecular complexity index is 493. The second-order valence-electron chi connectivity index (χ2n) is 5.14. The van der Waals surface area contributed by atoms with Gasteiger partial charge in [0.05, 0.1) is 18.7 Å². The molecule has 0 aromatic heterocycles. The number of fused-ring (bicyclic) bond motifs is 1. The van der Waals surface area contributed by atoms with Crippen molar-refractivity contribution < 1.29 is 9.84 Å². The smallest absolute Gasteiger partial charge is 0.174 e. The first kappa shape index (κ1) is 12.6. The molecule has 2 saturated heterocycles. The number of rotatable bonds is 1. The van der Waals surface area contributed by atoms with E-state index in [-0.39, 0.29) is 12.1 Å². The monoisotopic (exact) mass is 257 g/mol. The molecule has 2 aliphatic heterocycles. The second-order valence-corrected chi connectivity index (χ2v) is 5.14. The van der Waals surface area contributed by atoms with Gasteiger partial charge < -0.3 is 9.84 Å². The summed E-state index contributed by atoms with van der Waals surface area (Å²) < 4.78 is 5.57. The van der Waals surface area contributed by atoms with Gasteiger partial charge in [-0.05, 0) is 30.5 Å². The van der Waals surface area contributed by atoms with Crippen molar-refractivity contribution in [2.45, 2.75) is 31.2 Å². The van der Waals surface area contributed by atoms with Gasteiger partial charge in [-0.1, -0.05) is 36.9 Å². The highest BCUT2D eigenvalue weighted by Crippen LogP contribution is 2.36. The largest absolute Gasteiger partial charge is 0.366 e. The minimum atomic E-state index is -0.760. The Labute approximate surface area is 113 Å². The highest BCUT2D eigenvalue weighted by molar-refractivity contribution is 5.23. The van der Waals surface area contributed by atoms with Crippen LogP contribution in [-0.2, 0) is 4.74 Å². The van der Waals surface area contributed by atoms with Crippen LogP contribution in [0.4, 0.5) is 0 Å². The fourth-order valence-electron chi connectivity index (χ4n) is 3.16. The molecule has 3 atom stereocenters. The van der Waals surface area contributed by atoms with Gasteiger partial charge >= 0.3 is 0 Å². The van der Waals surface area contributed by atoms with Crippen molar-refractivity contribution in [1.29, 1.82) is 0 Å². The van der Waals surface area contributed by atoms with Crippen LogP contribution in [0.3, 0.4) is 0 Å². The van der Waals surface area contributed by atoms with Crippen LogP contribution in [0.15, 0.2) is 48.2 Å². The van der Waals surface area contributed by atoms with E-state index in [1.54, 1.807) is 0 Å². The lowest BCUT2D eigenvalue weighted by atomic mass is 9.90. The molecule has 0 spiro atoms. The zero-order chi connectivity index (χ0) is 13.2. The minimum absolute atomic E-state index is 0.0924. The molecular formula is C16H19NO2. The van der Waals surface area contributed by atoms with E-state index in [1.165, 1.54) is 5.56 Å². The molecule has 1 aromatic rings. The first-order valence-electron chi connectivity index (χ1n) is 6.80. The Hall–Kier alpha value is -1.38. The maximum atomic E-state index is 10.1. The molecule has 100 valence electrons. The van der Waals surface area contributed by atoms with Gasteiger partial charge in [0, 0.05) is 0 Å². The Kier molecular flexibility index (Phi) is 3.54. The molecule has 0 saturated carbocycles. The van der Waals surface area contributed by atoms with Crippen molar-refractivity contribution in [2.75, 3.05) is 13.2 Å². The quantitative estimate of drug-likeness (QED) is 0.783. The topological polar surface area (TPSA) is 32.7 Å². The number of hydrogen-bond acceptors (Lipinski definition) is 3. The summed E-state index contributed by atoms with van der Waals surface area (Å²) in [6.45, 7) is 5.27. The Morgan fingerprint density at radius 3 is 2.84 bits per heavy atom. The zero-order valence-electron chi connectivity index (χ0n) is 11.0. The van der Waals surface area contributed by atoms with E-state index in [9.17, 15) is 5.11 Å². The van der Waals surface area contributed by atoms with E-state index in [0.29, 0.717) is 6.61 Å². The van der Waals surface area contributed by atoms with Crippen molar-refractivity contribution >= 4 is 0 Å². The predicted molar refractivity (Wildman–Crippen MR) is 73.5 cm³/mol. The van der Waals surface area contributed by atoms with Crippen LogP contribution < -0.4 is 0 Å². The number of aliphatic hydroxyl groups is 1. The third-order valence-electron chi connectivity index (χ3n) is 4.08.